The Labute approximate surface area is 161 Å². The summed E-state index contributed by atoms with van der Waals surface area (Å²) in [5.41, 5.74) is 0.619. The summed E-state index contributed by atoms with van der Waals surface area (Å²) in [6.07, 6.45) is 3.67. The average molecular weight is 377 g/mol. The van der Waals surface area contributed by atoms with Crippen LogP contribution in [-0.2, 0) is 9.59 Å². The molecular weight excluding hydrogens is 346 g/mol. The van der Waals surface area contributed by atoms with Crippen LogP contribution in [0, 0.1) is 5.92 Å². The third-order valence-electron chi connectivity index (χ3n) is 4.84. The van der Waals surface area contributed by atoms with E-state index in [-0.39, 0.29) is 17.7 Å². The molecule has 0 radical (unpaired) electrons. The molecule has 0 atom stereocenters. The zero-order valence-corrected chi connectivity index (χ0v) is 16.5. The second-order valence-corrected chi connectivity index (χ2v) is 6.81. The maximum atomic E-state index is 12.4. The van der Waals surface area contributed by atoms with E-state index in [1.54, 1.807) is 32.4 Å². The van der Waals surface area contributed by atoms with Crippen molar-refractivity contribution in [1.29, 1.82) is 0 Å². The predicted molar refractivity (Wildman–Crippen MR) is 105 cm³/mol. The lowest BCUT2D eigenvalue weighted by Gasteiger charge is -2.30. The number of ether oxygens (including phenoxy) is 2. The van der Waals surface area contributed by atoms with Crippen molar-refractivity contribution in [3.63, 3.8) is 0 Å². The topological polar surface area (TPSA) is 79.9 Å². The van der Waals surface area contributed by atoms with Gasteiger partial charge in [-0.2, -0.15) is 0 Å². The van der Waals surface area contributed by atoms with Gasteiger partial charge in [0.05, 0.1) is 26.5 Å². The van der Waals surface area contributed by atoms with Gasteiger partial charge in [0.15, 0.2) is 0 Å². The molecule has 0 saturated carbocycles. The van der Waals surface area contributed by atoms with E-state index in [1.807, 2.05) is 0 Å². The first kappa shape index (κ1) is 21.0. The Morgan fingerprint density at radius 3 is 2.56 bits per heavy atom. The molecule has 1 heterocycles. The number of carbonyl (C=O) groups is 2. The van der Waals surface area contributed by atoms with Gasteiger partial charge in [-0.25, -0.2) is 0 Å². The fourth-order valence-electron chi connectivity index (χ4n) is 3.18. The van der Waals surface area contributed by atoms with Crippen LogP contribution in [-0.4, -0.2) is 57.1 Å². The molecule has 150 valence electrons. The van der Waals surface area contributed by atoms with Crippen LogP contribution in [0.4, 0.5) is 5.69 Å². The summed E-state index contributed by atoms with van der Waals surface area (Å²) >= 11 is 0. The number of piperidine rings is 1. The number of likely N-dealkylation sites (tertiary alicyclic amines) is 1. The van der Waals surface area contributed by atoms with Gasteiger partial charge in [0, 0.05) is 18.5 Å². The van der Waals surface area contributed by atoms with E-state index in [0.717, 1.165) is 45.3 Å². The first-order valence-electron chi connectivity index (χ1n) is 9.59. The van der Waals surface area contributed by atoms with Gasteiger partial charge in [0.25, 0.3) is 0 Å². The zero-order valence-electron chi connectivity index (χ0n) is 16.5. The first-order valence-corrected chi connectivity index (χ1v) is 9.59. The average Bonchev–Trinajstić information content (AvgIpc) is 2.68. The van der Waals surface area contributed by atoms with Crippen LogP contribution in [0.15, 0.2) is 18.2 Å². The van der Waals surface area contributed by atoms with Crippen LogP contribution < -0.4 is 20.1 Å². The van der Waals surface area contributed by atoms with Crippen molar-refractivity contribution in [3.8, 4) is 11.5 Å². The predicted octanol–water partition coefficient (Wildman–Crippen LogP) is 2.27. The number of unbranched alkanes of at least 4 members (excludes halogenated alkanes) is 1. The van der Waals surface area contributed by atoms with Crippen molar-refractivity contribution in [2.75, 3.05) is 45.7 Å². The molecule has 1 aromatic rings. The number of nitrogens with zero attached hydrogens (tertiary/aromatic N) is 1. The summed E-state index contributed by atoms with van der Waals surface area (Å²) < 4.78 is 10.5. The molecule has 2 amide bonds. The summed E-state index contributed by atoms with van der Waals surface area (Å²) in [7, 11) is 3.14. The highest BCUT2D eigenvalue weighted by Gasteiger charge is 2.25. The molecule has 7 heteroatoms. The fourth-order valence-corrected chi connectivity index (χ4v) is 3.18. The highest BCUT2D eigenvalue weighted by Crippen LogP contribution is 2.29. The van der Waals surface area contributed by atoms with Crippen molar-refractivity contribution < 1.29 is 19.1 Å². The Morgan fingerprint density at radius 2 is 1.93 bits per heavy atom. The number of hydrogen-bond acceptors (Lipinski definition) is 5. The van der Waals surface area contributed by atoms with Crippen molar-refractivity contribution in [1.82, 2.24) is 10.2 Å². The molecule has 1 aliphatic rings. The normalized spacial score (nSPS) is 15.2. The molecule has 1 fully saturated rings. The summed E-state index contributed by atoms with van der Waals surface area (Å²) in [4.78, 5) is 26.6. The monoisotopic (exact) mass is 377 g/mol. The van der Waals surface area contributed by atoms with Gasteiger partial charge in [-0.15, -0.1) is 0 Å². The minimum absolute atomic E-state index is 0.0582. The molecule has 0 aliphatic carbocycles. The molecular formula is C20H31N3O4. The van der Waals surface area contributed by atoms with Crippen molar-refractivity contribution in [2.24, 2.45) is 5.92 Å². The minimum atomic E-state index is -0.0932. The summed E-state index contributed by atoms with van der Waals surface area (Å²) in [5, 5.41) is 5.89. The van der Waals surface area contributed by atoms with Gasteiger partial charge in [-0.3, -0.25) is 14.5 Å². The van der Waals surface area contributed by atoms with Crippen molar-refractivity contribution in [3.05, 3.63) is 18.2 Å². The minimum Gasteiger partial charge on any atom is -0.497 e. The number of hydrogen-bond donors (Lipinski definition) is 2. The highest BCUT2D eigenvalue weighted by molar-refractivity contribution is 5.93. The molecule has 0 unspecified atom stereocenters. The van der Waals surface area contributed by atoms with Crippen LogP contribution in [0.25, 0.3) is 0 Å². The lowest BCUT2D eigenvalue weighted by atomic mass is 9.96. The van der Waals surface area contributed by atoms with Gasteiger partial charge in [0.2, 0.25) is 11.8 Å². The number of nitrogens with one attached hydrogen (secondary N) is 2. The number of carbonyl (C=O) groups excluding carboxylic acids is 2. The Balaban J connectivity index is 1.78. The Bertz CT molecular complexity index is 628. The second-order valence-electron chi connectivity index (χ2n) is 6.81. The Kier molecular flexibility index (Phi) is 8.39. The molecule has 0 bridgehead atoms. The highest BCUT2D eigenvalue weighted by atomic mass is 16.5. The Hall–Kier alpha value is -2.28. The standard InChI is InChI=1S/C20H31N3O4/c1-4-5-10-21-20(25)15-8-11-23(12-9-15)14-19(24)22-17-7-6-16(26-2)13-18(17)27-3/h6-7,13,15H,4-5,8-12,14H2,1-3H3,(H,21,25)(H,22,24). The molecule has 0 aromatic heterocycles. The summed E-state index contributed by atoms with van der Waals surface area (Å²) in [6, 6.07) is 5.28. The van der Waals surface area contributed by atoms with Crippen molar-refractivity contribution >= 4 is 17.5 Å². The summed E-state index contributed by atoms with van der Waals surface area (Å²) in [5.74, 6) is 1.34. The van der Waals surface area contributed by atoms with E-state index in [1.165, 1.54) is 0 Å². The quantitative estimate of drug-likeness (QED) is 0.646. The lowest BCUT2D eigenvalue weighted by Crippen LogP contribution is -2.43. The van der Waals surface area contributed by atoms with Gasteiger partial charge >= 0.3 is 0 Å². The van der Waals surface area contributed by atoms with E-state index in [0.29, 0.717) is 23.7 Å². The van der Waals surface area contributed by atoms with E-state index in [2.05, 4.69) is 22.5 Å². The molecule has 27 heavy (non-hydrogen) atoms. The zero-order chi connectivity index (χ0) is 19.6. The van der Waals surface area contributed by atoms with Gasteiger partial charge in [-0.1, -0.05) is 13.3 Å². The SMILES string of the molecule is CCCCNC(=O)C1CCN(CC(=O)Nc2ccc(OC)cc2OC)CC1. The first-order chi connectivity index (χ1) is 13.1. The van der Waals surface area contributed by atoms with E-state index < -0.39 is 0 Å². The molecule has 7 nitrogen and oxygen atoms in total. The maximum absolute atomic E-state index is 12.4. The number of rotatable bonds is 9. The third kappa shape index (κ3) is 6.43. The van der Waals surface area contributed by atoms with E-state index >= 15 is 0 Å². The van der Waals surface area contributed by atoms with Crippen LogP contribution in [0.2, 0.25) is 0 Å². The summed E-state index contributed by atoms with van der Waals surface area (Å²) in [6.45, 7) is 4.66. The van der Waals surface area contributed by atoms with Crippen LogP contribution in [0.5, 0.6) is 11.5 Å². The largest absolute Gasteiger partial charge is 0.497 e. The number of anilines is 1. The molecule has 1 aliphatic heterocycles. The molecule has 1 saturated heterocycles. The number of amides is 2. The lowest BCUT2D eigenvalue weighted by molar-refractivity contribution is -0.126. The Morgan fingerprint density at radius 1 is 1.19 bits per heavy atom. The van der Waals surface area contributed by atoms with E-state index in [4.69, 9.17) is 9.47 Å². The second kappa shape index (κ2) is 10.8. The van der Waals surface area contributed by atoms with Crippen LogP contribution in [0.3, 0.4) is 0 Å². The van der Waals surface area contributed by atoms with Gasteiger partial charge in [0.1, 0.15) is 11.5 Å². The number of methoxy groups -OCH3 is 2. The van der Waals surface area contributed by atoms with E-state index in [9.17, 15) is 9.59 Å². The molecule has 2 N–H and O–H groups in total. The molecule has 2 rings (SSSR count). The smallest absolute Gasteiger partial charge is 0.238 e. The van der Waals surface area contributed by atoms with Gasteiger partial charge < -0.3 is 20.1 Å². The number of benzene rings is 1. The van der Waals surface area contributed by atoms with Crippen LogP contribution >= 0.6 is 0 Å². The molecule has 1 aromatic carbocycles. The molecule has 0 spiro atoms. The third-order valence-corrected chi connectivity index (χ3v) is 4.84. The van der Waals surface area contributed by atoms with Crippen molar-refractivity contribution in [2.45, 2.75) is 32.6 Å². The van der Waals surface area contributed by atoms with Crippen LogP contribution in [0.1, 0.15) is 32.6 Å². The fraction of sp³-hybridized carbons (Fsp3) is 0.600. The van der Waals surface area contributed by atoms with Gasteiger partial charge in [-0.05, 0) is 44.5 Å². The maximum Gasteiger partial charge on any atom is 0.238 e.